The molecule has 0 aliphatic rings. The molecule has 0 aliphatic heterocycles. The Hall–Kier alpha value is -3.23. The topological polar surface area (TPSA) is 99.1 Å². The molecule has 1 N–H and O–H groups in total. The molecular weight excluding hydrogens is 751 g/mol. The minimum Gasteiger partial charge on any atom is -0.477 e. The summed E-state index contributed by atoms with van der Waals surface area (Å²) < 4.78 is 17.3. The number of hydrogen-bond acceptors (Lipinski definition) is 6. The molecule has 8 heteroatoms. The van der Waals surface area contributed by atoms with Gasteiger partial charge in [-0.25, -0.2) is 4.79 Å². The van der Waals surface area contributed by atoms with Crippen molar-refractivity contribution in [1.29, 1.82) is 0 Å². The van der Waals surface area contributed by atoms with Crippen molar-refractivity contribution < 1.29 is 38.2 Å². The zero-order chi connectivity index (χ0) is 44.2. The minimum absolute atomic E-state index is 0.0464. The van der Waals surface area contributed by atoms with Gasteiger partial charge in [0.05, 0.1) is 34.4 Å². The second kappa shape index (κ2) is 42.5. The second-order valence-corrected chi connectivity index (χ2v) is 17.0. The molecule has 8 nitrogen and oxygen atoms in total. The van der Waals surface area contributed by atoms with Gasteiger partial charge >= 0.3 is 17.9 Å². The summed E-state index contributed by atoms with van der Waals surface area (Å²) in [7, 11) is 5.51. The van der Waals surface area contributed by atoms with Gasteiger partial charge in [-0.05, 0) is 83.5 Å². The normalized spacial score (nSPS) is 13.6. The number of ether oxygens (including phenoxy) is 3. The number of quaternary nitrogens is 1. The van der Waals surface area contributed by atoms with E-state index in [9.17, 15) is 19.5 Å². The van der Waals surface area contributed by atoms with Crippen LogP contribution in [-0.4, -0.2) is 80.6 Å². The highest BCUT2D eigenvalue weighted by atomic mass is 16.6. The third kappa shape index (κ3) is 40.2. The number of carboxylic acid groups (broad SMARTS) is 1. The summed E-state index contributed by atoms with van der Waals surface area (Å²) in [6, 6.07) is -0.623. The summed E-state index contributed by atoms with van der Waals surface area (Å²) in [6.07, 6.45) is 53.7. The fourth-order valence-corrected chi connectivity index (χ4v) is 6.64. The smallest absolute Gasteiger partial charge is 0.362 e. The van der Waals surface area contributed by atoms with E-state index in [1.165, 1.54) is 57.8 Å². The second-order valence-electron chi connectivity index (χ2n) is 17.0. The first kappa shape index (κ1) is 56.8. The van der Waals surface area contributed by atoms with Crippen molar-refractivity contribution in [2.75, 3.05) is 41.0 Å². The number of likely N-dealkylation sites (N-methyl/N-ethyl adjacent to an activating group) is 1. The molecule has 0 radical (unpaired) electrons. The summed E-state index contributed by atoms with van der Waals surface area (Å²) in [5.74, 6) is -1.51. The van der Waals surface area contributed by atoms with E-state index in [4.69, 9.17) is 14.2 Å². The molecule has 0 amide bonds. The van der Waals surface area contributed by atoms with Crippen LogP contribution < -0.4 is 0 Å². The molecule has 2 atom stereocenters. The highest BCUT2D eigenvalue weighted by molar-refractivity contribution is 5.72. The first-order valence-corrected chi connectivity index (χ1v) is 24.0. The molecule has 0 heterocycles. The van der Waals surface area contributed by atoms with Crippen LogP contribution in [0, 0.1) is 0 Å². The summed E-state index contributed by atoms with van der Waals surface area (Å²) in [4.78, 5) is 37.1. The standard InChI is InChI=1S/C52H89NO7/c1-6-8-10-12-14-16-18-20-22-24-25-26-27-29-30-32-34-36-38-40-42-50(54)59-47-48(46-58-45-44-49(52(56)57)53(3,4)5)60-51(55)43-41-39-37-35-33-31-28-23-21-19-17-15-13-11-9-7-2/h8,10,14,16,20,22-23,25-26,28-30,48-49H,6-7,9,11-13,15,17-19,21,24,27,31-47H2,1-5H3/p+1/b10-8+,16-14+,22-20+,26-25+,28-23+,30-29+. The maximum atomic E-state index is 12.8. The maximum Gasteiger partial charge on any atom is 0.362 e. The van der Waals surface area contributed by atoms with Crippen LogP contribution in [0.5, 0.6) is 0 Å². The lowest BCUT2D eigenvalue weighted by atomic mass is 10.1. The number of unbranched alkanes of at least 4 members (excludes halogenated alkanes) is 16. The van der Waals surface area contributed by atoms with E-state index in [0.29, 0.717) is 19.3 Å². The molecule has 0 aromatic heterocycles. The molecule has 0 aliphatic carbocycles. The quantitative estimate of drug-likeness (QED) is 0.0283. The van der Waals surface area contributed by atoms with Crippen LogP contribution in [0.3, 0.4) is 0 Å². The third-order valence-electron chi connectivity index (χ3n) is 10.3. The van der Waals surface area contributed by atoms with E-state index < -0.39 is 18.1 Å². The molecule has 344 valence electrons. The lowest BCUT2D eigenvalue weighted by Gasteiger charge is -2.31. The van der Waals surface area contributed by atoms with Crippen molar-refractivity contribution in [3.8, 4) is 0 Å². The van der Waals surface area contributed by atoms with Gasteiger partial charge in [0.2, 0.25) is 0 Å². The van der Waals surface area contributed by atoms with Gasteiger partial charge in [-0.2, -0.15) is 0 Å². The van der Waals surface area contributed by atoms with Crippen LogP contribution in [0.25, 0.3) is 0 Å². The number of esters is 2. The number of allylic oxidation sites excluding steroid dienone is 12. The molecule has 0 aromatic rings. The Balaban J connectivity index is 4.37. The minimum atomic E-state index is -0.882. The average molecular weight is 841 g/mol. The predicted octanol–water partition coefficient (Wildman–Crippen LogP) is 13.5. The Morgan fingerprint density at radius 2 is 0.933 bits per heavy atom. The van der Waals surface area contributed by atoms with Crippen LogP contribution in [0.15, 0.2) is 72.9 Å². The average Bonchev–Trinajstić information content (AvgIpc) is 3.21. The molecular formula is C52H90NO7+. The Kier molecular flexibility index (Phi) is 40.2. The van der Waals surface area contributed by atoms with Crippen molar-refractivity contribution in [3.63, 3.8) is 0 Å². The number of aliphatic carboxylic acids is 1. The summed E-state index contributed by atoms with van der Waals surface area (Å²) >= 11 is 0. The number of carbonyl (C=O) groups excluding carboxylic acids is 2. The van der Waals surface area contributed by atoms with E-state index in [-0.39, 0.29) is 36.2 Å². The Bertz CT molecular complexity index is 1210. The maximum absolute atomic E-state index is 12.8. The van der Waals surface area contributed by atoms with E-state index in [2.05, 4.69) is 86.8 Å². The van der Waals surface area contributed by atoms with Crippen molar-refractivity contribution in [2.24, 2.45) is 0 Å². The van der Waals surface area contributed by atoms with Crippen molar-refractivity contribution >= 4 is 17.9 Å². The molecule has 60 heavy (non-hydrogen) atoms. The van der Waals surface area contributed by atoms with E-state index in [0.717, 1.165) is 96.3 Å². The SMILES string of the molecule is CC/C=C/C/C=C/C/C=C/C/C=C/C/C=C/CCCCCCC(=O)OCC(COCCC(C(=O)O)[N+](C)(C)C)OC(=O)CCCCCCC/C=C/CCCCCCCCC. The number of carboxylic acids is 1. The number of nitrogens with zero attached hydrogens (tertiary/aromatic N) is 1. The van der Waals surface area contributed by atoms with Gasteiger partial charge in [0.25, 0.3) is 0 Å². The Morgan fingerprint density at radius 1 is 0.517 bits per heavy atom. The third-order valence-corrected chi connectivity index (χ3v) is 10.3. The molecule has 0 saturated heterocycles. The predicted molar refractivity (Wildman–Crippen MR) is 252 cm³/mol. The lowest BCUT2D eigenvalue weighted by molar-refractivity contribution is -0.887. The zero-order valence-corrected chi connectivity index (χ0v) is 39.1. The molecule has 0 bridgehead atoms. The largest absolute Gasteiger partial charge is 0.477 e. The number of carbonyl (C=O) groups is 3. The van der Waals surface area contributed by atoms with E-state index in [1.807, 2.05) is 21.1 Å². The van der Waals surface area contributed by atoms with Crippen LogP contribution >= 0.6 is 0 Å². The van der Waals surface area contributed by atoms with Crippen LogP contribution in [0.2, 0.25) is 0 Å². The van der Waals surface area contributed by atoms with Crippen LogP contribution in [-0.2, 0) is 28.6 Å². The van der Waals surface area contributed by atoms with Crippen molar-refractivity contribution in [1.82, 2.24) is 0 Å². The van der Waals surface area contributed by atoms with Gasteiger partial charge in [0.1, 0.15) is 6.61 Å². The van der Waals surface area contributed by atoms with Crippen LogP contribution in [0.1, 0.15) is 187 Å². The first-order valence-electron chi connectivity index (χ1n) is 24.0. The lowest BCUT2D eigenvalue weighted by Crippen LogP contribution is -2.50. The summed E-state index contributed by atoms with van der Waals surface area (Å²) in [5.41, 5.74) is 0. The molecule has 0 saturated carbocycles. The van der Waals surface area contributed by atoms with Crippen molar-refractivity contribution in [3.05, 3.63) is 72.9 Å². The number of hydrogen-bond donors (Lipinski definition) is 1. The van der Waals surface area contributed by atoms with Gasteiger partial charge in [-0.15, -0.1) is 0 Å². The molecule has 0 rings (SSSR count). The summed E-state index contributed by atoms with van der Waals surface area (Å²) in [6.45, 7) is 4.58. The fourth-order valence-electron chi connectivity index (χ4n) is 6.64. The Morgan fingerprint density at radius 3 is 1.40 bits per heavy atom. The highest BCUT2D eigenvalue weighted by Gasteiger charge is 2.31. The zero-order valence-electron chi connectivity index (χ0n) is 39.1. The molecule has 0 spiro atoms. The first-order chi connectivity index (χ1) is 29.1. The van der Waals surface area contributed by atoms with Gasteiger partial charge in [0.15, 0.2) is 12.1 Å². The summed E-state index contributed by atoms with van der Waals surface area (Å²) in [5, 5.41) is 9.64. The van der Waals surface area contributed by atoms with Gasteiger partial charge in [-0.3, -0.25) is 9.59 Å². The van der Waals surface area contributed by atoms with Crippen molar-refractivity contribution in [2.45, 2.75) is 199 Å². The van der Waals surface area contributed by atoms with E-state index in [1.54, 1.807) is 0 Å². The fraction of sp³-hybridized carbons (Fsp3) is 0.712. The molecule has 0 fully saturated rings. The van der Waals surface area contributed by atoms with Crippen LogP contribution in [0.4, 0.5) is 0 Å². The van der Waals surface area contributed by atoms with Gasteiger partial charge in [0, 0.05) is 19.3 Å². The number of rotatable bonds is 42. The van der Waals surface area contributed by atoms with Gasteiger partial charge < -0.3 is 23.8 Å². The Labute approximate surface area is 368 Å². The van der Waals surface area contributed by atoms with Gasteiger partial charge in [-0.1, -0.05) is 157 Å². The molecule has 2 unspecified atom stereocenters. The highest BCUT2D eigenvalue weighted by Crippen LogP contribution is 2.13. The molecule has 0 aromatic carbocycles. The van der Waals surface area contributed by atoms with E-state index >= 15 is 0 Å². The monoisotopic (exact) mass is 841 g/mol.